The van der Waals surface area contributed by atoms with Crippen LogP contribution in [0.4, 0.5) is 9.18 Å². The number of rotatable bonds is 9. The number of esters is 1. The number of amides is 4. The Hall–Kier alpha value is -4.45. The van der Waals surface area contributed by atoms with Crippen LogP contribution in [-0.2, 0) is 51.8 Å². The lowest BCUT2D eigenvalue weighted by Crippen LogP contribution is -2.56. The topological polar surface area (TPSA) is 168 Å². The lowest BCUT2D eigenvalue weighted by atomic mass is 9.99. The fourth-order valence-corrected chi connectivity index (χ4v) is 6.85. The molecule has 0 spiro atoms. The third-order valence-corrected chi connectivity index (χ3v) is 9.89. The summed E-state index contributed by atoms with van der Waals surface area (Å²) in [4.78, 5) is 67.2. The van der Waals surface area contributed by atoms with Gasteiger partial charge in [-0.05, 0) is 24.5 Å². The molecule has 2 N–H and O–H groups in total. The number of nitrogens with one attached hydrogen (secondary N) is 2. The molecule has 1 aliphatic carbocycles. The molecule has 1 aromatic carbocycles. The molecule has 3 aliphatic heterocycles. The van der Waals surface area contributed by atoms with E-state index in [2.05, 4.69) is 17.8 Å². The Kier molecular flexibility index (Phi) is 8.64. The Balaban J connectivity index is 1.32. The summed E-state index contributed by atoms with van der Waals surface area (Å²) >= 11 is 0. The maximum atomic E-state index is 14.2. The third-order valence-electron chi connectivity index (χ3n) is 8.05. The van der Waals surface area contributed by atoms with Gasteiger partial charge >= 0.3 is 12.1 Å². The van der Waals surface area contributed by atoms with Gasteiger partial charge in [-0.15, -0.1) is 13.0 Å². The molecule has 0 radical (unpaired) electrons. The average Bonchev–Trinajstić information content (AvgIpc) is 3.41. The van der Waals surface area contributed by atoms with Crippen LogP contribution in [0.25, 0.3) is 0 Å². The highest BCUT2D eigenvalue weighted by atomic mass is 32.2. The molecule has 44 heavy (non-hydrogen) atoms. The first-order chi connectivity index (χ1) is 20.9. The molecular formula is C29H31FN4O9S. The van der Waals surface area contributed by atoms with Crippen molar-refractivity contribution in [3.05, 3.63) is 47.8 Å². The van der Waals surface area contributed by atoms with Crippen molar-refractivity contribution in [1.29, 1.82) is 0 Å². The summed E-state index contributed by atoms with van der Waals surface area (Å²) in [6.07, 6.45) is 4.49. The van der Waals surface area contributed by atoms with Crippen molar-refractivity contribution in [1.82, 2.24) is 19.8 Å². The number of likely N-dealkylation sites (tertiary alicyclic amines) is 1. The summed E-state index contributed by atoms with van der Waals surface area (Å²) in [5.41, 5.74) is 0.995. The minimum absolute atomic E-state index is 0.00645. The van der Waals surface area contributed by atoms with E-state index in [4.69, 9.17) is 15.9 Å². The number of sulfonamides is 1. The Morgan fingerprint density at radius 3 is 2.57 bits per heavy atom. The Morgan fingerprint density at radius 1 is 1.20 bits per heavy atom. The molecule has 2 saturated heterocycles. The molecule has 3 fully saturated rings. The van der Waals surface area contributed by atoms with Crippen molar-refractivity contribution >= 4 is 39.8 Å². The number of halogens is 1. The first-order valence-corrected chi connectivity index (χ1v) is 15.6. The van der Waals surface area contributed by atoms with Crippen molar-refractivity contribution in [3.8, 4) is 12.3 Å². The zero-order valence-corrected chi connectivity index (χ0v) is 24.4. The average molecular weight is 631 g/mol. The molecule has 1 saturated carbocycles. The molecule has 5 atom stereocenters. The van der Waals surface area contributed by atoms with Crippen molar-refractivity contribution in [3.63, 3.8) is 0 Å². The van der Waals surface area contributed by atoms with Gasteiger partial charge in [-0.25, -0.2) is 17.6 Å². The second kappa shape index (κ2) is 12.3. The van der Waals surface area contributed by atoms with Crippen molar-refractivity contribution in [2.75, 3.05) is 6.54 Å². The molecule has 4 amide bonds. The van der Waals surface area contributed by atoms with Crippen LogP contribution in [0.1, 0.15) is 43.2 Å². The minimum atomic E-state index is -3.98. The summed E-state index contributed by atoms with van der Waals surface area (Å²) in [5.74, 6) is -2.49. The van der Waals surface area contributed by atoms with E-state index in [1.165, 1.54) is 23.1 Å². The van der Waals surface area contributed by atoms with E-state index >= 15 is 0 Å². The minimum Gasteiger partial charge on any atom is -0.452 e. The van der Waals surface area contributed by atoms with Crippen LogP contribution in [0.2, 0.25) is 0 Å². The number of hydrogen-bond acceptors (Lipinski definition) is 9. The summed E-state index contributed by atoms with van der Waals surface area (Å²) in [7, 11) is -3.98. The first-order valence-electron chi connectivity index (χ1n) is 14.1. The van der Waals surface area contributed by atoms with Gasteiger partial charge in [0.15, 0.2) is 6.10 Å². The Labute approximate surface area is 253 Å². The number of carbonyl (C=O) groups is 5. The zero-order chi connectivity index (χ0) is 31.8. The van der Waals surface area contributed by atoms with Crippen LogP contribution < -0.4 is 10.0 Å². The maximum Gasteiger partial charge on any atom is 0.410 e. The molecule has 1 aromatic rings. The second-order valence-electron chi connectivity index (χ2n) is 11.1. The number of cyclic esters (lactones) is 1. The van der Waals surface area contributed by atoms with Crippen LogP contribution in [0.3, 0.4) is 0 Å². The summed E-state index contributed by atoms with van der Waals surface area (Å²) in [6, 6.07) is 1.67. The van der Waals surface area contributed by atoms with Gasteiger partial charge in [0.05, 0.1) is 24.3 Å². The molecule has 15 heteroatoms. The summed E-state index contributed by atoms with van der Waals surface area (Å²) in [5, 5.41) is 1.73. The van der Waals surface area contributed by atoms with Crippen molar-refractivity contribution in [2.45, 2.75) is 74.7 Å². The molecule has 5 rings (SSSR count). The van der Waals surface area contributed by atoms with Gasteiger partial charge in [0.2, 0.25) is 15.9 Å². The number of benzene rings is 1. The van der Waals surface area contributed by atoms with E-state index in [1.807, 2.05) is 4.72 Å². The zero-order valence-electron chi connectivity index (χ0n) is 23.6. The Morgan fingerprint density at radius 2 is 1.95 bits per heavy atom. The lowest BCUT2D eigenvalue weighted by molar-refractivity contribution is -0.154. The fourth-order valence-electron chi connectivity index (χ4n) is 5.52. The maximum absolute atomic E-state index is 14.2. The second-order valence-corrected chi connectivity index (χ2v) is 13.1. The van der Waals surface area contributed by atoms with Crippen LogP contribution in [0, 0.1) is 24.1 Å². The monoisotopic (exact) mass is 630 g/mol. The first kappa shape index (κ1) is 31.0. The van der Waals surface area contributed by atoms with Gasteiger partial charge in [-0.2, -0.15) is 0 Å². The lowest BCUT2D eigenvalue weighted by Gasteiger charge is -2.28. The SMILES string of the molecule is C#CC(C=C)C(NC(=O)C1CC(OC(=O)N2Cc3cccc(F)c3C2)CN1C(=O)C1CCC(=O)O1)C(=O)NS(=O)(=O)C1CC1. The number of carbonyl (C=O) groups excluding carboxylic acids is 5. The molecule has 3 heterocycles. The van der Waals surface area contributed by atoms with Gasteiger partial charge in [0.1, 0.15) is 24.0 Å². The van der Waals surface area contributed by atoms with Gasteiger partial charge in [-0.1, -0.05) is 24.1 Å². The van der Waals surface area contributed by atoms with Gasteiger partial charge in [0.25, 0.3) is 11.8 Å². The fraction of sp³-hybridized carbons (Fsp3) is 0.483. The quantitative estimate of drug-likeness (QED) is 0.224. The Bertz CT molecular complexity index is 1550. The molecule has 0 aromatic heterocycles. The number of fused-ring (bicyclic) bond motifs is 1. The molecule has 5 unspecified atom stereocenters. The predicted molar refractivity (Wildman–Crippen MR) is 150 cm³/mol. The number of nitrogens with zero attached hydrogens (tertiary/aromatic N) is 2. The smallest absolute Gasteiger partial charge is 0.410 e. The van der Waals surface area contributed by atoms with E-state index in [0.717, 1.165) is 4.90 Å². The van der Waals surface area contributed by atoms with E-state index in [9.17, 15) is 36.8 Å². The number of ether oxygens (including phenoxy) is 2. The molecule has 0 bridgehead atoms. The number of terminal acetylenes is 1. The number of hydrogen-bond donors (Lipinski definition) is 2. The summed E-state index contributed by atoms with van der Waals surface area (Å²) in [6.45, 7) is 3.42. The normalized spacial score (nSPS) is 24.0. The van der Waals surface area contributed by atoms with Crippen LogP contribution in [0.5, 0.6) is 0 Å². The van der Waals surface area contributed by atoms with E-state index in [-0.39, 0.29) is 38.9 Å². The predicted octanol–water partition coefficient (Wildman–Crippen LogP) is 0.482. The van der Waals surface area contributed by atoms with Crippen LogP contribution in [-0.4, -0.2) is 84.1 Å². The highest BCUT2D eigenvalue weighted by Gasteiger charge is 2.47. The van der Waals surface area contributed by atoms with Crippen molar-refractivity contribution in [2.24, 2.45) is 5.92 Å². The van der Waals surface area contributed by atoms with Gasteiger partial charge in [0, 0.05) is 31.4 Å². The molecule has 234 valence electrons. The van der Waals surface area contributed by atoms with Crippen molar-refractivity contribution < 1.29 is 46.3 Å². The molecule has 4 aliphatic rings. The third kappa shape index (κ3) is 6.40. The summed E-state index contributed by atoms with van der Waals surface area (Å²) < 4.78 is 51.7. The standard InChI is InChI=1S/C29H31FN4O9S/c1-3-16(4-2)25(27(37)32-44(40,41)19-8-9-19)31-26(36)22-12-18(14-34(22)28(38)23-10-11-24(35)43-23)42-29(39)33-13-17-6-5-7-21(30)20(17)15-33/h1,4-7,16,18-19,22-23,25H,2,8-15H2,(H,31,36)(H,32,37). The van der Waals surface area contributed by atoms with Gasteiger partial charge < -0.3 is 19.7 Å². The largest absolute Gasteiger partial charge is 0.452 e. The van der Waals surface area contributed by atoms with E-state index in [1.54, 1.807) is 6.07 Å². The van der Waals surface area contributed by atoms with Crippen LogP contribution >= 0.6 is 0 Å². The molecular weight excluding hydrogens is 599 g/mol. The van der Waals surface area contributed by atoms with E-state index < -0.39 is 81.1 Å². The highest BCUT2D eigenvalue weighted by molar-refractivity contribution is 7.90. The highest BCUT2D eigenvalue weighted by Crippen LogP contribution is 2.30. The van der Waals surface area contributed by atoms with Crippen LogP contribution in [0.15, 0.2) is 30.9 Å². The van der Waals surface area contributed by atoms with E-state index in [0.29, 0.717) is 24.0 Å². The molecule has 13 nitrogen and oxygen atoms in total. The van der Waals surface area contributed by atoms with Gasteiger partial charge in [-0.3, -0.25) is 28.8 Å².